The summed E-state index contributed by atoms with van der Waals surface area (Å²) in [5, 5.41) is 0. The number of rotatable bonds is 1. The summed E-state index contributed by atoms with van der Waals surface area (Å²) in [6, 6.07) is 5.79. The molecule has 0 nitrogen and oxygen atoms in total. The average molecular weight is 308 g/mol. The van der Waals surface area contributed by atoms with E-state index in [9.17, 15) is 30.7 Å². The van der Waals surface area contributed by atoms with Gasteiger partial charge in [0.2, 0.25) is 0 Å². The predicted molar refractivity (Wildman–Crippen MR) is 61.8 cm³/mol. The molecule has 0 fully saturated rings. The van der Waals surface area contributed by atoms with Gasteiger partial charge in [-0.15, -0.1) is 0 Å². The second-order valence-electron chi connectivity index (χ2n) is 4.24. The van der Waals surface area contributed by atoms with Crippen molar-refractivity contribution in [3.8, 4) is 11.1 Å². The lowest BCUT2D eigenvalue weighted by Gasteiger charge is -2.14. The summed E-state index contributed by atoms with van der Waals surface area (Å²) in [6.07, 6.45) is -9.53. The van der Waals surface area contributed by atoms with Crippen LogP contribution in [0, 0.1) is 5.82 Å². The maximum Gasteiger partial charge on any atom is 0.419 e. The standard InChI is InChI=1S/C14H7F7/c15-11-3-1-2-10(12(11)14(19,20)21)8-4-6-9(7-5-8)13(16,17)18/h1-7H. The van der Waals surface area contributed by atoms with Crippen LogP contribution < -0.4 is 0 Å². The lowest BCUT2D eigenvalue weighted by molar-refractivity contribution is -0.139. The second kappa shape index (κ2) is 5.05. The van der Waals surface area contributed by atoms with Crippen molar-refractivity contribution < 1.29 is 30.7 Å². The largest absolute Gasteiger partial charge is 0.419 e. The second-order valence-corrected chi connectivity index (χ2v) is 4.24. The van der Waals surface area contributed by atoms with E-state index in [1.807, 2.05) is 0 Å². The Morgan fingerprint density at radius 2 is 1.24 bits per heavy atom. The molecular formula is C14H7F7. The van der Waals surface area contributed by atoms with Crippen LogP contribution >= 0.6 is 0 Å². The van der Waals surface area contributed by atoms with Crippen molar-refractivity contribution in [1.29, 1.82) is 0 Å². The highest BCUT2D eigenvalue weighted by Crippen LogP contribution is 2.39. The number of hydrogen-bond acceptors (Lipinski definition) is 0. The minimum atomic E-state index is -4.94. The molecular weight excluding hydrogens is 301 g/mol. The molecule has 0 aliphatic heterocycles. The quantitative estimate of drug-likeness (QED) is 0.608. The van der Waals surface area contributed by atoms with Crippen LogP contribution in [-0.2, 0) is 12.4 Å². The van der Waals surface area contributed by atoms with Gasteiger partial charge in [-0.2, -0.15) is 26.3 Å². The molecule has 2 aromatic rings. The first-order valence-corrected chi connectivity index (χ1v) is 5.64. The zero-order valence-corrected chi connectivity index (χ0v) is 10.2. The van der Waals surface area contributed by atoms with E-state index in [1.54, 1.807) is 0 Å². The van der Waals surface area contributed by atoms with E-state index >= 15 is 0 Å². The third-order valence-electron chi connectivity index (χ3n) is 2.82. The molecule has 0 radical (unpaired) electrons. The van der Waals surface area contributed by atoms with E-state index in [0.717, 1.165) is 24.3 Å². The zero-order valence-electron chi connectivity index (χ0n) is 10.2. The van der Waals surface area contributed by atoms with E-state index in [4.69, 9.17) is 0 Å². The van der Waals surface area contributed by atoms with E-state index in [0.29, 0.717) is 18.2 Å². The smallest absolute Gasteiger partial charge is 0.206 e. The molecule has 0 aromatic heterocycles. The summed E-state index contributed by atoms with van der Waals surface area (Å²) < 4.78 is 89.2. The van der Waals surface area contributed by atoms with Gasteiger partial charge in [-0.1, -0.05) is 24.3 Å². The Balaban J connectivity index is 2.56. The van der Waals surface area contributed by atoms with Crippen molar-refractivity contribution in [3.63, 3.8) is 0 Å². The van der Waals surface area contributed by atoms with Crippen molar-refractivity contribution in [2.45, 2.75) is 12.4 Å². The Hall–Kier alpha value is -2.05. The summed E-state index contributed by atoms with van der Waals surface area (Å²) in [6.45, 7) is 0. The summed E-state index contributed by atoms with van der Waals surface area (Å²) in [4.78, 5) is 0. The van der Waals surface area contributed by atoms with Gasteiger partial charge >= 0.3 is 12.4 Å². The Labute approximate surface area is 114 Å². The molecule has 0 saturated carbocycles. The molecule has 21 heavy (non-hydrogen) atoms. The summed E-state index contributed by atoms with van der Waals surface area (Å²) in [5.74, 6) is -1.47. The normalized spacial score (nSPS) is 12.5. The Morgan fingerprint density at radius 3 is 1.71 bits per heavy atom. The van der Waals surface area contributed by atoms with Gasteiger partial charge in [0.05, 0.1) is 11.1 Å². The third-order valence-corrected chi connectivity index (χ3v) is 2.82. The molecule has 0 atom stereocenters. The molecule has 0 aliphatic rings. The van der Waals surface area contributed by atoms with Crippen LogP contribution in [0.5, 0.6) is 0 Å². The Kier molecular flexibility index (Phi) is 3.69. The lowest BCUT2D eigenvalue weighted by Crippen LogP contribution is -2.10. The van der Waals surface area contributed by atoms with E-state index in [-0.39, 0.29) is 5.56 Å². The van der Waals surface area contributed by atoms with Crippen LogP contribution in [0.3, 0.4) is 0 Å². The van der Waals surface area contributed by atoms with Gasteiger partial charge in [0.1, 0.15) is 5.82 Å². The Morgan fingerprint density at radius 1 is 0.667 bits per heavy atom. The summed E-state index contributed by atoms with van der Waals surface area (Å²) >= 11 is 0. The number of benzene rings is 2. The van der Waals surface area contributed by atoms with Crippen LogP contribution in [0.4, 0.5) is 30.7 Å². The molecule has 0 heterocycles. The monoisotopic (exact) mass is 308 g/mol. The Bertz CT molecular complexity index is 636. The van der Waals surface area contributed by atoms with Crippen molar-refractivity contribution in [2.75, 3.05) is 0 Å². The van der Waals surface area contributed by atoms with Gasteiger partial charge < -0.3 is 0 Å². The third kappa shape index (κ3) is 3.17. The highest BCUT2D eigenvalue weighted by Gasteiger charge is 2.37. The fraction of sp³-hybridized carbons (Fsp3) is 0.143. The first kappa shape index (κ1) is 15.3. The average Bonchev–Trinajstić information content (AvgIpc) is 2.36. The fourth-order valence-corrected chi connectivity index (χ4v) is 1.89. The first-order valence-electron chi connectivity index (χ1n) is 5.64. The molecule has 0 aliphatic carbocycles. The van der Waals surface area contributed by atoms with Crippen molar-refractivity contribution in [3.05, 3.63) is 59.4 Å². The van der Waals surface area contributed by atoms with Crippen LogP contribution in [-0.4, -0.2) is 0 Å². The van der Waals surface area contributed by atoms with Gasteiger partial charge in [0.15, 0.2) is 0 Å². The number of halogens is 7. The van der Waals surface area contributed by atoms with Gasteiger partial charge in [0, 0.05) is 0 Å². The maximum atomic E-state index is 13.4. The molecule has 0 saturated heterocycles. The molecule has 0 N–H and O–H groups in total. The van der Waals surface area contributed by atoms with Crippen molar-refractivity contribution in [2.24, 2.45) is 0 Å². The maximum absolute atomic E-state index is 13.4. The van der Waals surface area contributed by atoms with Gasteiger partial charge in [-0.3, -0.25) is 0 Å². The van der Waals surface area contributed by atoms with E-state index < -0.39 is 34.9 Å². The molecule has 2 aromatic carbocycles. The zero-order chi connectivity index (χ0) is 15.8. The highest BCUT2D eigenvalue weighted by molar-refractivity contribution is 5.68. The van der Waals surface area contributed by atoms with Crippen molar-refractivity contribution in [1.82, 2.24) is 0 Å². The minimum Gasteiger partial charge on any atom is -0.206 e. The topological polar surface area (TPSA) is 0 Å². The van der Waals surface area contributed by atoms with Crippen LogP contribution in [0.25, 0.3) is 11.1 Å². The van der Waals surface area contributed by atoms with Gasteiger partial charge in [-0.25, -0.2) is 4.39 Å². The van der Waals surface area contributed by atoms with E-state index in [2.05, 4.69) is 0 Å². The predicted octanol–water partition coefficient (Wildman–Crippen LogP) is 5.53. The highest BCUT2D eigenvalue weighted by atomic mass is 19.4. The molecule has 0 amide bonds. The van der Waals surface area contributed by atoms with Crippen LogP contribution in [0.15, 0.2) is 42.5 Å². The number of hydrogen-bond donors (Lipinski definition) is 0. The fourth-order valence-electron chi connectivity index (χ4n) is 1.89. The first-order chi connectivity index (χ1) is 9.60. The van der Waals surface area contributed by atoms with Crippen LogP contribution in [0.1, 0.15) is 11.1 Å². The van der Waals surface area contributed by atoms with Crippen LogP contribution in [0.2, 0.25) is 0 Å². The summed E-state index contributed by atoms with van der Waals surface area (Å²) in [5.41, 5.74) is -3.13. The molecule has 7 heteroatoms. The molecule has 0 spiro atoms. The lowest BCUT2D eigenvalue weighted by atomic mass is 9.98. The molecule has 112 valence electrons. The van der Waals surface area contributed by atoms with Gasteiger partial charge in [0.25, 0.3) is 0 Å². The molecule has 0 unspecified atom stereocenters. The minimum absolute atomic E-state index is 0.144. The van der Waals surface area contributed by atoms with Crippen molar-refractivity contribution >= 4 is 0 Å². The van der Waals surface area contributed by atoms with E-state index in [1.165, 1.54) is 0 Å². The molecule has 0 bridgehead atoms. The van der Waals surface area contributed by atoms with Gasteiger partial charge in [-0.05, 0) is 29.3 Å². The number of alkyl halides is 6. The molecule has 2 rings (SSSR count). The summed E-state index contributed by atoms with van der Waals surface area (Å²) in [7, 11) is 0. The SMILES string of the molecule is Fc1cccc(-c2ccc(C(F)(F)F)cc2)c1C(F)(F)F.